The van der Waals surface area contributed by atoms with Crippen LogP contribution in [0.2, 0.25) is 0 Å². The van der Waals surface area contributed by atoms with Gasteiger partial charge in [0.1, 0.15) is 5.75 Å². The van der Waals surface area contributed by atoms with Crippen molar-refractivity contribution in [3.8, 4) is 5.75 Å². The maximum absolute atomic E-state index is 13.6. The molecule has 4 atom stereocenters. The highest BCUT2D eigenvalue weighted by atomic mass is 32.2. The summed E-state index contributed by atoms with van der Waals surface area (Å²) in [6, 6.07) is 3.40. The van der Waals surface area contributed by atoms with Gasteiger partial charge < -0.3 is 4.74 Å². The molecule has 4 nitrogen and oxygen atoms in total. The van der Waals surface area contributed by atoms with Crippen LogP contribution in [0.1, 0.15) is 89.1 Å². The van der Waals surface area contributed by atoms with Crippen molar-refractivity contribution >= 4 is 15.6 Å². The molecule has 2 fully saturated rings. The highest BCUT2D eigenvalue weighted by Gasteiger charge is 2.62. The summed E-state index contributed by atoms with van der Waals surface area (Å²) in [6.07, 6.45) is 5.86. The van der Waals surface area contributed by atoms with E-state index >= 15 is 0 Å². The second kappa shape index (κ2) is 6.82. The molecule has 0 bridgehead atoms. The Kier molecular flexibility index (Phi) is 4.97. The van der Waals surface area contributed by atoms with Crippen molar-refractivity contribution in [3.63, 3.8) is 0 Å². The molecule has 3 aliphatic rings. The van der Waals surface area contributed by atoms with Gasteiger partial charge in [-0.2, -0.15) is 0 Å². The van der Waals surface area contributed by atoms with Gasteiger partial charge in [0.15, 0.2) is 15.6 Å². The summed E-state index contributed by atoms with van der Waals surface area (Å²) in [5.74, 6) is 1.27. The Hall–Kier alpha value is -1.36. The SMILES string of the molecule is CCC(=O)c1cc(OC)c2c(c1)S(=O)(=O)C[C@@H]1[C@@]3(C)CCCC(C)(C)[C@@H]3CC[C@@]21C. The highest BCUT2D eigenvalue weighted by molar-refractivity contribution is 7.91. The minimum atomic E-state index is -3.51. The number of ketones is 1. The Morgan fingerprint density at radius 1 is 1.10 bits per heavy atom. The molecule has 0 saturated heterocycles. The quantitative estimate of drug-likeness (QED) is 0.585. The normalized spacial score (nSPS) is 36.2. The summed E-state index contributed by atoms with van der Waals surface area (Å²) in [4.78, 5) is 12.7. The first-order chi connectivity index (χ1) is 13.9. The summed E-state index contributed by atoms with van der Waals surface area (Å²) in [5, 5.41) is 0. The van der Waals surface area contributed by atoms with E-state index in [-0.39, 0.29) is 33.7 Å². The second-order valence-corrected chi connectivity index (χ2v) is 13.0. The third-order valence-electron chi connectivity index (χ3n) is 9.01. The fourth-order valence-electron chi connectivity index (χ4n) is 7.56. The van der Waals surface area contributed by atoms with Crippen LogP contribution in [0.25, 0.3) is 0 Å². The average molecular weight is 433 g/mol. The predicted octanol–water partition coefficient (Wildman–Crippen LogP) is 5.58. The molecule has 0 spiro atoms. The Bertz CT molecular complexity index is 993. The first-order valence-electron chi connectivity index (χ1n) is 11.4. The Balaban J connectivity index is 1.95. The van der Waals surface area contributed by atoms with E-state index in [9.17, 15) is 13.2 Å². The molecular formula is C25H36O4S. The van der Waals surface area contributed by atoms with Crippen LogP contribution >= 0.6 is 0 Å². The lowest BCUT2D eigenvalue weighted by Crippen LogP contribution is -2.60. The number of Topliss-reactive ketones (excluding diaryl/α,β-unsaturated/α-hetero) is 1. The Labute approximate surface area is 181 Å². The van der Waals surface area contributed by atoms with Crippen molar-refractivity contribution in [3.05, 3.63) is 23.3 Å². The van der Waals surface area contributed by atoms with E-state index in [0.29, 0.717) is 28.5 Å². The lowest BCUT2D eigenvalue weighted by molar-refractivity contribution is -0.0984. The number of methoxy groups -OCH3 is 1. The second-order valence-electron chi connectivity index (χ2n) is 11.0. The van der Waals surface area contributed by atoms with Gasteiger partial charge >= 0.3 is 0 Å². The number of carbonyl (C=O) groups is 1. The highest BCUT2D eigenvalue weighted by Crippen LogP contribution is 2.67. The van der Waals surface area contributed by atoms with Crippen LogP contribution in [0.4, 0.5) is 0 Å². The monoisotopic (exact) mass is 432 g/mol. The summed E-state index contributed by atoms with van der Waals surface area (Å²) < 4.78 is 33.0. The van der Waals surface area contributed by atoms with Gasteiger partial charge in [-0.15, -0.1) is 0 Å². The summed E-state index contributed by atoms with van der Waals surface area (Å²) >= 11 is 0. The molecule has 0 unspecified atom stereocenters. The number of hydrogen-bond acceptors (Lipinski definition) is 4. The maximum atomic E-state index is 13.6. The van der Waals surface area contributed by atoms with Crippen LogP contribution < -0.4 is 4.74 Å². The summed E-state index contributed by atoms with van der Waals surface area (Å²) in [5.41, 5.74) is 1.22. The summed E-state index contributed by atoms with van der Waals surface area (Å²) in [6.45, 7) is 11.1. The largest absolute Gasteiger partial charge is 0.496 e. The van der Waals surface area contributed by atoms with Gasteiger partial charge in [-0.25, -0.2) is 8.42 Å². The van der Waals surface area contributed by atoms with Crippen molar-refractivity contribution in [2.75, 3.05) is 12.9 Å². The molecule has 1 aromatic carbocycles. The zero-order valence-corrected chi connectivity index (χ0v) is 20.1. The van der Waals surface area contributed by atoms with Crippen LogP contribution in [-0.4, -0.2) is 27.1 Å². The third-order valence-corrected chi connectivity index (χ3v) is 10.8. The maximum Gasteiger partial charge on any atom is 0.179 e. The minimum absolute atomic E-state index is 0.0115. The average Bonchev–Trinajstić information content (AvgIpc) is 2.67. The van der Waals surface area contributed by atoms with E-state index in [0.717, 1.165) is 31.2 Å². The van der Waals surface area contributed by atoms with Gasteiger partial charge in [-0.3, -0.25) is 4.79 Å². The fraction of sp³-hybridized carbons (Fsp3) is 0.720. The van der Waals surface area contributed by atoms with Crippen LogP contribution in [-0.2, 0) is 15.3 Å². The molecule has 0 aromatic heterocycles. The van der Waals surface area contributed by atoms with Gasteiger partial charge in [0.25, 0.3) is 0 Å². The number of hydrogen-bond donors (Lipinski definition) is 0. The first kappa shape index (κ1) is 21.9. The number of sulfone groups is 1. The van der Waals surface area contributed by atoms with E-state index in [2.05, 4.69) is 27.7 Å². The molecule has 4 rings (SSSR count). The third kappa shape index (κ3) is 2.91. The van der Waals surface area contributed by atoms with Crippen LogP contribution in [0.5, 0.6) is 5.75 Å². The zero-order valence-electron chi connectivity index (χ0n) is 19.3. The first-order valence-corrected chi connectivity index (χ1v) is 13.0. The van der Waals surface area contributed by atoms with E-state index in [1.165, 1.54) is 6.42 Å². The van der Waals surface area contributed by atoms with Crippen molar-refractivity contribution < 1.29 is 17.9 Å². The number of carbonyl (C=O) groups excluding carboxylic acids is 1. The number of fused-ring (bicyclic) bond motifs is 5. The minimum Gasteiger partial charge on any atom is -0.496 e. The van der Waals surface area contributed by atoms with Gasteiger partial charge in [0.2, 0.25) is 0 Å². The van der Waals surface area contributed by atoms with Gasteiger partial charge in [0.05, 0.1) is 17.8 Å². The van der Waals surface area contributed by atoms with Crippen molar-refractivity contribution in [1.29, 1.82) is 0 Å². The fourth-order valence-corrected chi connectivity index (χ4v) is 9.87. The van der Waals surface area contributed by atoms with Crippen molar-refractivity contribution in [2.24, 2.45) is 22.7 Å². The Morgan fingerprint density at radius 3 is 2.43 bits per heavy atom. The van der Waals surface area contributed by atoms with E-state index in [1.807, 2.05) is 0 Å². The van der Waals surface area contributed by atoms with Crippen LogP contribution in [0.15, 0.2) is 17.0 Å². The molecule has 1 heterocycles. The molecule has 166 valence electrons. The molecular weight excluding hydrogens is 396 g/mol. The van der Waals surface area contributed by atoms with Crippen molar-refractivity contribution in [2.45, 2.75) is 83.5 Å². The molecule has 0 radical (unpaired) electrons. The number of ether oxygens (including phenoxy) is 1. The topological polar surface area (TPSA) is 60.4 Å². The lowest BCUT2D eigenvalue weighted by atomic mass is 9.43. The van der Waals surface area contributed by atoms with Crippen molar-refractivity contribution in [1.82, 2.24) is 0 Å². The van der Waals surface area contributed by atoms with Gasteiger partial charge in [-0.1, -0.05) is 41.0 Å². The molecule has 2 saturated carbocycles. The Morgan fingerprint density at radius 2 is 1.80 bits per heavy atom. The van der Waals surface area contributed by atoms with Crippen LogP contribution in [0.3, 0.4) is 0 Å². The number of benzene rings is 1. The molecule has 0 N–H and O–H groups in total. The summed E-state index contributed by atoms with van der Waals surface area (Å²) in [7, 11) is -1.92. The van der Waals surface area contributed by atoms with Crippen LogP contribution in [0, 0.1) is 22.7 Å². The molecule has 1 aromatic rings. The molecule has 30 heavy (non-hydrogen) atoms. The lowest BCUT2D eigenvalue weighted by Gasteiger charge is -2.63. The standard InChI is InChI=1S/C25H36O4S/c1-7-17(26)16-13-18(29-6)22-19(14-16)30(27,28)15-21-24(4)11-8-10-23(2,3)20(24)9-12-25(21,22)5/h13-14,20-21H,7-12,15H2,1-6H3/t20-,21+,24-,25+/m0/s1. The number of rotatable bonds is 3. The smallest absolute Gasteiger partial charge is 0.179 e. The van der Waals surface area contributed by atoms with E-state index in [4.69, 9.17) is 4.74 Å². The van der Waals surface area contributed by atoms with E-state index in [1.54, 1.807) is 26.2 Å². The van der Waals surface area contributed by atoms with Gasteiger partial charge in [-0.05, 0) is 60.5 Å². The predicted molar refractivity (Wildman–Crippen MR) is 119 cm³/mol. The zero-order chi connectivity index (χ0) is 22.1. The molecule has 0 amide bonds. The molecule has 1 aliphatic heterocycles. The molecule has 2 aliphatic carbocycles. The van der Waals surface area contributed by atoms with E-state index < -0.39 is 9.84 Å². The van der Waals surface area contributed by atoms with Gasteiger partial charge in [0, 0.05) is 23.0 Å². The molecule has 5 heteroatoms.